The number of hydrogen-bond acceptors (Lipinski definition) is 5. The summed E-state index contributed by atoms with van der Waals surface area (Å²) in [6.07, 6.45) is 3.99. The fourth-order valence-corrected chi connectivity index (χ4v) is 3.75. The van der Waals surface area contributed by atoms with Gasteiger partial charge in [0.25, 0.3) is 0 Å². The Hall–Kier alpha value is -3.54. The molecule has 0 amide bonds. The molecule has 1 aromatic heterocycles. The third kappa shape index (κ3) is 4.33. The summed E-state index contributed by atoms with van der Waals surface area (Å²) in [5.74, 6) is 0.938. The second kappa shape index (κ2) is 9.08. The molecule has 6 nitrogen and oxygen atoms in total. The number of carboxylic acid groups (broad SMARTS) is 1. The Kier molecular flexibility index (Phi) is 6.07. The number of ether oxygens (including phenoxy) is 3. The van der Waals surface area contributed by atoms with Gasteiger partial charge < -0.3 is 19.3 Å². The third-order valence-electron chi connectivity index (χ3n) is 5.37. The van der Waals surface area contributed by atoms with Crippen molar-refractivity contribution in [3.8, 4) is 39.6 Å². The highest BCUT2D eigenvalue weighted by Gasteiger charge is 2.23. The van der Waals surface area contributed by atoms with Gasteiger partial charge in [-0.25, -0.2) is 4.79 Å². The van der Waals surface area contributed by atoms with E-state index in [0.717, 1.165) is 36.9 Å². The minimum Gasteiger partial charge on any atom is -0.497 e. The van der Waals surface area contributed by atoms with Crippen molar-refractivity contribution in [3.63, 3.8) is 0 Å². The van der Waals surface area contributed by atoms with E-state index in [1.807, 2.05) is 36.4 Å². The van der Waals surface area contributed by atoms with E-state index in [4.69, 9.17) is 19.2 Å². The van der Waals surface area contributed by atoms with Crippen LogP contribution in [0.2, 0.25) is 0 Å². The van der Waals surface area contributed by atoms with Crippen LogP contribution in [0.25, 0.3) is 22.4 Å². The first-order chi connectivity index (χ1) is 15.1. The van der Waals surface area contributed by atoms with Crippen molar-refractivity contribution in [2.24, 2.45) is 0 Å². The van der Waals surface area contributed by atoms with Gasteiger partial charge in [-0.1, -0.05) is 31.9 Å². The zero-order valence-electron chi connectivity index (χ0n) is 17.7. The van der Waals surface area contributed by atoms with Crippen molar-refractivity contribution in [1.29, 1.82) is 0 Å². The summed E-state index contributed by atoms with van der Waals surface area (Å²) in [5.41, 5.74) is 3.61. The van der Waals surface area contributed by atoms with Crippen molar-refractivity contribution in [2.75, 3.05) is 13.9 Å². The van der Waals surface area contributed by atoms with Crippen molar-refractivity contribution in [1.82, 2.24) is 4.98 Å². The molecule has 2 heterocycles. The maximum atomic E-state index is 12.4. The molecular weight excluding hydrogens is 394 g/mol. The number of hydrogen-bond donors (Lipinski definition) is 1. The van der Waals surface area contributed by atoms with E-state index >= 15 is 0 Å². The summed E-state index contributed by atoms with van der Waals surface area (Å²) in [4.78, 5) is 17.2. The van der Waals surface area contributed by atoms with Crippen LogP contribution in [0, 0.1) is 0 Å². The summed E-state index contributed by atoms with van der Waals surface area (Å²) < 4.78 is 16.2. The Morgan fingerprint density at radius 2 is 1.77 bits per heavy atom. The average molecular weight is 419 g/mol. The molecular formula is C25H25NO5. The molecule has 4 rings (SSSR count). The minimum atomic E-state index is -1.02. The number of unbranched alkanes of at least 4 members (excludes halogenated alkanes) is 2. The van der Waals surface area contributed by atoms with Crippen molar-refractivity contribution >= 4 is 5.97 Å². The van der Waals surface area contributed by atoms with Crippen molar-refractivity contribution in [2.45, 2.75) is 32.6 Å². The highest BCUT2D eigenvalue weighted by atomic mass is 16.7. The molecule has 6 heteroatoms. The lowest BCUT2D eigenvalue weighted by Crippen LogP contribution is -2.07. The molecule has 0 saturated heterocycles. The predicted molar refractivity (Wildman–Crippen MR) is 118 cm³/mol. The van der Waals surface area contributed by atoms with Gasteiger partial charge in [0.05, 0.1) is 18.4 Å². The number of methoxy groups -OCH3 is 1. The van der Waals surface area contributed by atoms with Gasteiger partial charge in [0.2, 0.25) is 6.79 Å². The molecule has 160 valence electrons. The van der Waals surface area contributed by atoms with Gasteiger partial charge in [0, 0.05) is 16.8 Å². The normalized spacial score (nSPS) is 12.1. The molecule has 1 N–H and O–H groups in total. The molecule has 0 bridgehead atoms. The number of carbonyl (C=O) groups is 1. The van der Waals surface area contributed by atoms with E-state index in [0.29, 0.717) is 34.1 Å². The fraction of sp³-hybridized carbons (Fsp3) is 0.280. The minimum absolute atomic E-state index is 0.159. The van der Waals surface area contributed by atoms with Gasteiger partial charge in [-0.2, -0.15) is 0 Å². The first kappa shape index (κ1) is 20.7. The number of benzene rings is 2. The van der Waals surface area contributed by atoms with Crippen LogP contribution in [0.15, 0.2) is 48.5 Å². The number of aromatic nitrogens is 1. The fourth-order valence-electron chi connectivity index (χ4n) is 3.75. The molecule has 0 radical (unpaired) electrons. The first-order valence-electron chi connectivity index (χ1n) is 10.4. The summed E-state index contributed by atoms with van der Waals surface area (Å²) in [6.45, 7) is 2.31. The van der Waals surface area contributed by atoms with Crippen molar-refractivity contribution in [3.05, 3.63) is 59.8 Å². The summed E-state index contributed by atoms with van der Waals surface area (Å²) in [6, 6.07) is 14.7. The monoisotopic (exact) mass is 419 g/mol. The standard InChI is InChI=1S/C25H25NO5/c1-3-4-5-6-18-14-20(16-7-10-19(29-2)11-8-16)23(25(27)28)24(26-18)17-9-12-21-22(13-17)31-15-30-21/h7-14H,3-6,15H2,1-2H3,(H,27,28). The molecule has 1 aliphatic heterocycles. The molecule has 0 aliphatic carbocycles. The molecule has 0 saturated carbocycles. The van der Waals surface area contributed by atoms with Gasteiger partial charge in [-0.3, -0.25) is 4.98 Å². The number of rotatable bonds is 8. The summed E-state index contributed by atoms with van der Waals surface area (Å²) >= 11 is 0. The second-order valence-electron chi connectivity index (χ2n) is 7.44. The lowest BCUT2D eigenvalue weighted by atomic mass is 9.94. The Morgan fingerprint density at radius 3 is 2.48 bits per heavy atom. The van der Waals surface area contributed by atoms with Gasteiger partial charge in [-0.15, -0.1) is 0 Å². The zero-order valence-corrected chi connectivity index (χ0v) is 17.7. The van der Waals surface area contributed by atoms with Crippen LogP contribution >= 0.6 is 0 Å². The predicted octanol–water partition coefficient (Wildman–Crippen LogP) is 5.58. The maximum Gasteiger partial charge on any atom is 0.338 e. The zero-order chi connectivity index (χ0) is 21.8. The molecule has 1 aliphatic rings. The van der Waals surface area contributed by atoms with E-state index < -0.39 is 5.97 Å². The Bertz CT molecular complexity index is 1090. The quantitative estimate of drug-likeness (QED) is 0.480. The molecule has 3 aromatic rings. The van der Waals surface area contributed by atoms with E-state index in [1.165, 1.54) is 0 Å². The third-order valence-corrected chi connectivity index (χ3v) is 5.37. The smallest absolute Gasteiger partial charge is 0.338 e. The maximum absolute atomic E-state index is 12.4. The molecule has 31 heavy (non-hydrogen) atoms. The molecule has 0 atom stereocenters. The summed E-state index contributed by atoms with van der Waals surface area (Å²) in [5, 5.41) is 10.1. The topological polar surface area (TPSA) is 77.9 Å². The van der Waals surface area contributed by atoms with Crippen LogP contribution in [-0.4, -0.2) is 30.0 Å². The second-order valence-corrected chi connectivity index (χ2v) is 7.44. The number of nitrogens with zero attached hydrogens (tertiary/aromatic N) is 1. The Balaban J connectivity index is 1.88. The highest BCUT2D eigenvalue weighted by molar-refractivity contribution is 6.02. The first-order valence-corrected chi connectivity index (χ1v) is 10.4. The van der Waals surface area contributed by atoms with Crippen LogP contribution in [0.4, 0.5) is 0 Å². The number of pyridine rings is 1. The van der Waals surface area contributed by atoms with Crippen molar-refractivity contribution < 1.29 is 24.1 Å². The number of carboxylic acids is 1. The van der Waals surface area contributed by atoms with E-state index in [9.17, 15) is 9.90 Å². The van der Waals surface area contributed by atoms with Crippen LogP contribution in [0.3, 0.4) is 0 Å². The number of aromatic carboxylic acids is 1. The van der Waals surface area contributed by atoms with E-state index in [1.54, 1.807) is 19.2 Å². The molecule has 2 aromatic carbocycles. The Labute approximate surface area is 181 Å². The summed E-state index contributed by atoms with van der Waals surface area (Å²) in [7, 11) is 1.60. The van der Waals surface area contributed by atoms with E-state index in [2.05, 4.69) is 6.92 Å². The van der Waals surface area contributed by atoms with Crippen LogP contribution in [0.1, 0.15) is 42.2 Å². The van der Waals surface area contributed by atoms with Gasteiger partial charge in [0.1, 0.15) is 5.75 Å². The van der Waals surface area contributed by atoms with Gasteiger partial charge in [0.15, 0.2) is 11.5 Å². The molecule has 0 fully saturated rings. The van der Waals surface area contributed by atoms with Gasteiger partial charge in [-0.05, 0) is 54.8 Å². The Morgan fingerprint density at radius 1 is 1.03 bits per heavy atom. The lowest BCUT2D eigenvalue weighted by Gasteiger charge is -2.15. The average Bonchev–Trinajstić information content (AvgIpc) is 3.26. The SMILES string of the molecule is CCCCCc1cc(-c2ccc(OC)cc2)c(C(=O)O)c(-c2ccc3c(c2)OCO3)n1. The molecule has 0 unspecified atom stereocenters. The van der Waals surface area contributed by atoms with Crippen LogP contribution < -0.4 is 14.2 Å². The number of aryl methyl sites for hydroxylation is 1. The number of fused-ring (bicyclic) bond motifs is 1. The van der Waals surface area contributed by atoms with Crippen LogP contribution in [-0.2, 0) is 6.42 Å². The lowest BCUT2D eigenvalue weighted by molar-refractivity contribution is 0.0698. The van der Waals surface area contributed by atoms with Crippen LogP contribution in [0.5, 0.6) is 17.2 Å². The van der Waals surface area contributed by atoms with Gasteiger partial charge >= 0.3 is 5.97 Å². The largest absolute Gasteiger partial charge is 0.497 e. The molecule has 0 spiro atoms. The van der Waals surface area contributed by atoms with E-state index in [-0.39, 0.29) is 12.4 Å². The highest BCUT2D eigenvalue weighted by Crippen LogP contribution is 2.39.